The summed E-state index contributed by atoms with van der Waals surface area (Å²) in [5, 5.41) is 19.1. The predicted octanol–water partition coefficient (Wildman–Crippen LogP) is 5.25. The van der Waals surface area contributed by atoms with Gasteiger partial charge >= 0.3 is 12.1 Å². The second-order valence-corrected chi connectivity index (χ2v) is 9.16. The van der Waals surface area contributed by atoms with E-state index < -0.39 is 12.1 Å². The van der Waals surface area contributed by atoms with E-state index >= 15 is 0 Å². The minimum Gasteiger partial charge on any atom is -0.475 e. The van der Waals surface area contributed by atoms with Gasteiger partial charge in [0.1, 0.15) is 0 Å². The van der Waals surface area contributed by atoms with Crippen LogP contribution in [0.15, 0.2) is 72.8 Å². The number of likely N-dealkylation sites (N-methyl/N-ethyl adjacent to an activating group) is 1. The number of amides is 1. The number of carboxylic acids is 1. The first-order valence-electron chi connectivity index (χ1n) is 12.3. The van der Waals surface area contributed by atoms with Gasteiger partial charge in [-0.1, -0.05) is 36.4 Å². The minimum absolute atomic E-state index is 0.223. The fourth-order valence-corrected chi connectivity index (χ4v) is 4.08. The normalized spacial score (nSPS) is 14.3. The predicted molar refractivity (Wildman–Crippen MR) is 142 cm³/mol. The molecule has 1 fully saturated rings. The van der Waals surface area contributed by atoms with E-state index in [1.807, 2.05) is 18.2 Å². The van der Waals surface area contributed by atoms with Crippen LogP contribution in [-0.4, -0.2) is 66.2 Å². The number of benzene rings is 3. The summed E-state index contributed by atoms with van der Waals surface area (Å²) in [7, 11) is 2.19. The van der Waals surface area contributed by atoms with Crippen LogP contribution in [0, 0.1) is 11.3 Å². The largest absolute Gasteiger partial charge is 0.490 e. The Morgan fingerprint density at radius 2 is 1.62 bits per heavy atom. The van der Waals surface area contributed by atoms with Crippen LogP contribution < -0.4 is 5.32 Å². The molecule has 39 heavy (non-hydrogen) atoms. The van der Waals surface area contributed by atoms with Crippen molar-refractivity contribution in [2.45, 2.75) is 19.1 Å². The highest BCUT2D eigenvalue weighted by molar-refractivity contribution is 6.04. The number of rotatable bonds is 5. The van der Waals surface area contributed by atoms with Crippen LogP contribution in [0.4, 0.5) is 18.9 Å². The van der Waals surface area contributed by atoms with E-state index in [-0.39, 0.29) is 5.91 Å². The highest BCUT2D eigenvalue weighted by atomic mass is 19.4. The fraction of sp³-hybridized carbons (Fsp3) is 0.276. The number of halogens is 3. The number of carbonyl (C=O) groups is 2. The number of hydrogen-bond acceptors (Lipinski definition) is 5. The van der Waals surface area contributed by atoms with Crippen LogP contribution in [0.1, 0.15) is 27.9 Å². The Morgan fingerprint density at radius 1 is 0.949 bits per heavy atom. The van der Waals surface area contributed by atoms with Crippen molar-refractivity contribution in [3.8, 4) is 17.2 Å². The summed E-state index contributed by atoms with van der Waals surface area (Å²) < 4.78 is 31.7. The summed E-state index contributed by atoms with van der Waals surface area (Å²) in [4.78, 5) is 26.4. The van der Waals surface area contributed by atoms with Gasteiger partial charge in [-0.3, -0.25) is 9.69 Å². The van der Waals surface area contributed by atoms with E-state index in [1.54, 1.807) is 24.3 Å². The number of carbonyl (C=O) groups excluding carboxylic acids is 1. The van der Waals surface area contributed by atoms with Crippen LogP contribution in [0.25, 0.3) is 11.1 Å². The topological polar surface area (TPSA) is 96.7 Å². The van der Waals surface area contributed by atoms with Gasteiger partial charge in [0, 0.05) is 30.9 Å². The maximum absolute atomic E-state index is 12.6. The van der Waals surface area contributed by atoms with E-state index in [9.17, 15) is 18.0 Å². The molecule has 7 nitrogen and oxygen atoms in total. The standard InChI is InChI=1S/C27H28N4O.C2HF3O2/c1-30-12-5-13-31(15-14-30)20-22-7-3-8-23(17-22)24-9-4-11-26(18-24)29-27(32)25-10-2-6-21(16-25)19-28;3-2(4,5)1(6)7/h2-4,6-11,16-18H,5,12-15,20H2,1H3,(H,29,32);(H,6,7). The number of nitriles is 1. The zero-order valence-electron chi connectivity index (χ0n) is 21.4. The van der Waals surface area contributed by atoms with Crippen molar-refractivity contribution in [2.24, 2.45) is 0 Å². The molecular weight excluding hydrogens is 509 g/mol. The van der Waals surface area contributed by atoms with Gasteiger partial charge in [-0.15, -0.1) is 0 Å². The average molecular weight is 539 g/mol. The van der Waals surface area contributed by atoms with E-state index in [1.165, 1.54) is 12.0 Å². The lowest BCUT2D eigenvalue weighted by atomic mass is 10.0. The molecule has 0 aliphatic carbocycles. The molecule has 0 aromatic heterocycles. The second-order valence-electron chi connectivity index (χ2n) is 9.16. The first kappa shape index (κ1) is 29.4. The molecule has 4 rings (SSSR count). The van der Waals surface area contributed by atoms with E-state index in [0.717, 1.165) is 49.5 Å². The van der Waals surface area contributed by atoms with Crippen molar-refractivity contribution >= 4 is 17.6 Å². The summed E-state index contributed by atoms with van der Waals surface area (Å²) in [6.45, 7) is 5.44. The minimum atomic E-state index is -5.08. The van der Waals surface area contributed by atoms with Gasteiger partial charge in [-0.25, -0.2) is 4.79 Å². The Hall–Kier alpha value is -4.20. The van der Waals surface area contributed by atoms with Gasteiger partial charge < -0.3 is 15.3 Å². The molecule has 1 saturated heterocycles. The summed E-state index contributed by atoms with van der Waals surface area (Å²) in [5.41, 5.74) is 5.17. The van der Waals surface area contributed by atoms with Gasteiger partial charge in [-0.2, -0.15) is 18.4 Å². The van der Waals surface area contributed by atoms with Crippen LogP contribution in [0.3, 0.4) is 0 Å². The van der Waals surface area contributed by atoms with E-state index in [2.05, 4.69) is 58.6 Å². The number of carboxylic acid groups (broad SMARTS) is 1. The third-order valence-electron chi connectivity index (χ3n) is 6.10. The maximum Gasteiger partial charge on any atom is 0.490 e. The van der Waals surface area contributed by atoms with Crippen molar-refractivity contribution in [3.05, 3.63) is 89.5 Å². The van der Waals surface area contributed by atoms with Crippen molar-refractivity contribution in [2.75, 3.05) is 38.5 Å². The Morgan fingerprint density at radius 3 is 2.31 bits per heavy atom. The lowest BCUT2D eigenvalue weighted by Crippen LogP contribution is -2.28. The summed E-state index contributed by atoms with van der Waals surface area (Å²) in [6.07, 6.45) is -3.88. The molecule has 2 N–H and O–H groups in total. The monoisotopic (exact) mass is 538 g/mol. The summed E-state index contributed by atoms with van der Waals surface area (Å²) in [5.74, 6) is -2.98. The Balaban J connectivity index is 0.000000532. The Bertz CT molecular complexity index is 1340. The van der Waals surface area contributed by atoms with Gasteiger partial charge in [0.25, 0.3) is 5.91 Å². The lowest BCUT2D eigenvalue weighted by Gasteiger charge is -2.20. The zero-order chi connectivity index (χ0) is 28.4. The molecular formula is C29H29F3N4O3. The third-order valence-corrected chi connectivity index (χ3v) is 6.10. The molecule has 0 spiro atoms. The molecule has 204 valence electrons. The first-order chi connectivity index (χ1) is 18.5. The van der Waals surface area contributed by atoms with Gasteiger partial charge in [0.2, 0.25) is 0 Å². The lowest BCUT2D eigenvalue weighted by molar-refractivity contribution is -0.192. The molecule has 10 heteroatoms. The van der Waals surface area contributed by atoms with Crippen molar-refractivity contribution in [1.82, 2.24) is 9.80 Å². The quantitative estimate of drug-likeness (QED) is 0.461. The first-order valence-corrected chi connectivity index (χ1v) is 12.3. The number of hydrogen-bond donors (Lipinski definition) is 2. The molecule has 1 heterocycles. The molecule has 1 amide bonds. The van der Waals surface area contributed by atoms with Crippen LogP contribution in [0.2, 0.25) is 0 Å². The Kier molecular flexibility index (Phi) is 10.2. The van der Waals surface area contributed by atoms with Crippen molar-refractivity contribution in [1.29, 1.82) is 5.26 Å². The third kappa shape index (κ3) is 9.25. The molecule has 0 bridgehead atoms. The van der Waals surface area contributed by atoms with Crippen molar-refractivity contribution in [3.63, 3.8) is 0 Å². The highest BCUT2D eigenvalue weighted by Crippen LogP contribution is 2.25. The SMILES string of the molecule is CN1CCCN(Cc2cccc(-c3cccc(NC(=O)c4cccc(C#N)c4)c3)c2)CC1.O=C(O)C(F)(F)F. The van der Waals surface area contributed by atoms with E-state index in [0.29, 0.717) is 11.1 Å². The second kappa shape index (κ2) is 13.6. The fourth-order valence-electron chi connectivity index (χ4n) is 4.08. The Labute approximate surface area is 225 Å². The van der Waals surface area contributed by atoms with Crippen LogP contribution >= 0.6 is 0 Å². The highest BCUT2D eigenvalue weighted by Gasteiger charge is 2.38. The number of anilines is 1. The molecule has 3 aromatic rings. The molecule has 1 aliphatic rings. The summed E-state index contributed by atoms with van der Waals surface area (Å²) in [6, 6.07) is 25.3. The van der Waals surface area contributed by atoms with Crippen LogP contribution in [0.5, 0.6) is 0 Å². The smallest absolute Gasteiger partial charge is 0.475 e. The number of nitrogens with zero attached hydrogens (tertiary/aromatic N) is 3. The zero-order valence-corrected chi connectivity index (χ0v) is 21.4. The average Bonchev–Trinajstić information content (AvgIpc) is 3.12. The van der Waals surface area contributed by atoms with E-state index in [4.69, 9.17) is 15.2 Å². The number of nitrogens with one attached hydrogen (secondary N) is 1. The molecule has 0 unspecified atom stereocenters. The van der Waals surface area contributed by atoms with Gasteiger partial charge in [-0.05, 0) is 79.6 Å². The number of aliphatic carboxylic acids is 1. The van der Waals surface area contributed by atoms with Crippen molar-refractivity contribution < 1.29 is 27.9 Å². The molecule has 0 atom stereocenters. The van der Waals surface area contributed by atoms with Gasteiger partial charge in [0.05, 0.1) is 11.6 Å². The molecule has 1 aliphatic heterocycles. The summed E-state index contributed by atoms with van der Waals surface area (Å²) >= 11 is 0. The molecule has 0 radical (unpaired) electrons. The molecule has 0 saturated carbocycles. The number of alkyl halides is 3. The molecule has 3 aromatic carbocycles. The van der Waals surface area contributed by atoms with Gasteiger partial charge in [0.15, 0.2) is 0 Å². The maximum atomic E-state index is 12.6. The van der Waals surface area contributed by atoms with Crippen LogP contribution in [-0.2, 0) is 11.3 Å².